The van der Waals surface area contributed by atoms with E-state index in [4.69, 9.17) is 4.74 Å². The van der Waals surface area contributed by atoms with Gasteiger partial charge < -0.3 is 9.84 Å². The molecule has 0 radical (unpaired) electrons. The number of aryl methyl sites for hydroxylation is 1. The van der Waals surface area contributed by atoms with Gasteiger partial charge in [0.05, 0.1) is 12.7 Å². The van der Waals surface area contributed by atoms with Crippen LogP contribution in [0, 0.1) is 6.92 Å². The average Bonchev–Trinajstić information content (AvgIpc) is 2.88. The van der Waals surface area contributed by atoms with Gasteiger partial charge in [-0.15, -0.1) is 5.10 Å². The summed E-state index contributed by atoms with van der Waals surface area (Å²) in [5.41, 5.74) is 0.406. The molecule has 2 aromatic rings. The van der Waals surface area contributed by atoms with E-state index >= 15 is 0 Å². The van der Waals surface area contributed by atoms with Crippen LogP contribution in [0.5, 0.6) is 5.75 Å². The molecule has 0 bridgehead atoms. The average molecular weight is 276 g/mol. The molecular weight excluding hydrogens is 260 g/mol. The molecule has 0 aliphatic rings. The van der Waals surface area contributed by atoms with Gasteiger partial charge in [0.1, 0.15) is 5.75 Å². The number of hydrogen-bond donors (Lipinski definition) is 1. The van der Waals surface area contributed by atoms with E-state index in [1.807, 2.05) is 19.1 Å². The van der Waals surface area contributed by atoms with E-state index < -0.39 is 11.5 Å². The van der Waals surface area contributed by atoms with Crippen molar-refractivity contribution >= 4 is 5.97 Å². The van der Waals surface area contributed by atoms with Crippen LogP contribution in [0.4, 0.5) is 0 Å². The number of carbonyl (C=O) groups is 1. The Bertz CT molecular complexity index is 649. The Morgan fingerprint density at radius 1 is 1.40 bits per heavy atom. The largest absolute Gasteiger partial charge is 0.496 e. The first kappa shape index (κ1) is 14.0. The van der Waals surface area contributed by atoms with Crippen molar-refractivity contribution in [3.05, 3.63) is 23.8 Å². The highest BCUT2D eigenvalue weighted by Crippen LogP contribution is 2.31. The van der Waals surface area contributed by atoms with Crippen molar-refractivity contribution in [2.45, 2.75) is 26.3 Å². The number of methoxy groups -OCH3 is 1. The Labute approximate surface area is 116 Å². The highest BCUT2D eigenvalue weighted by Gasteiger charge is 2.34. The van der Waals surface area contributed by atoms with Crippen LogP contribution in [0.1, 0.15) is 19.4 Å². The molecule has 1 aromatic carbocycles. The number of aromatic nitrogens is 4. The van der Waals surface area contributed by atoms with Gasteiger partial charge in [-0.05, 0) is 43.3 Å². The van der Waals surface area contributed by atoms with Crippen LogP contribution in [0.25, 0.3) is 11.4 Å². The highest BCUT2D eigenvalue weighted by molar-refractivity contribution is 5.77. The van der Waals surface area contributed by atoms with Gasteiger partial charge in [0.2, 0.25) is 0 Å². The summed E-state index contributed by atoms with van der Waals surface area (Å²) in [6, 6.07) is 5.56. The standard InChI is InChI=1S/C13H16N4O3/c1-8-5-6-10(20-4)9(7-8)11-14-15-16-17(11)13(2,3)12(18)19/h5-7H,1-4H3,(H,18,19). The molecule has 0 saturated carbocycles. The van der Waals surface area contributed by atoms with Gasteiger partial charge in [0, 0.05) is 0 Å². The van der Waals surface area contributed by atoms with E-state index in [-0.39, 0.29) is 0 Å². The molecule has 2 rings (SSSR count). The fraction of sp³-hybridized carbons (Fsp3) is 0.385. The van der Waals surface area contributed by atoms with E-state index in [0.29, 0.717) is 17.1 Å². The summed E-state index contributed by atoms with van der Waals surface area (Å²) in [4.78, 5) is 11.4. The Morgan fingerprint density at radius 3 is 2.70 bits per heavy atom. The van der Waals surface area contributed by atoms with Crippen molar-refractivity contribution in [2.75, 3.05) is 7.11 Å². The number of rotatable bonds is 4. The highest BCUT2D eigenvalue weighted by atomic mass is 16.5. The van der Waals surface area contributed by atoms with E-state index in [1.165, 1.54) is 18.5 Å². The smallest absolute Gasteiger partial charge is 0.331 e. The van der Waals surface area contributed by atoms with Crippen LogP contribution in [0.3, 0.4) is 0 Å². The first-order chi connectivity index (χ1) is 9.37. The second-order valence-electron chi connectivity index (χ2n) is 4.98. The molecule has 20 heavy (non-hydrogen) atoms. The summed E-state index contributed by atoms with van der Waals surface area (Å²) >= 11 is 0. The Kier molecular flexibility index (Phi) is 3.44. The predicted molar refractivity (Wildman–Crippen MR) is 71.5 cm³/mol. The molecule has 1 N–H and O–H groups in total. The first-order valence-electron chi connectivity index (χ1n) is 6.05. The third-order valence-electron chi connectivity index (χ3n) is 3.12. The van der Waals surface area contributed by atoms with E-state index in [1.54, 1.807) is 13.2 Å². The number of hydrogen-bond acceptors (Lipinski definition) is 5. The summed E-state index contributed by atoms with van der Waals surface area (Å²) in [6.07, 6.45) is 0. The lowest BCUT2D eigenvalue weighted by molar-refractivity contribution is -0.146. The van der Waals surface area contributed by atoms with Gasteiger partial charge >= 0.3 is 5.97 Å². The molecule has 106 valence electrons. The molecule has 1 heterocycles. The Hall–Kier alpha value is -2.44. The summed E-state index contributed by atoms with van der Waals surface area (Å²) < 4.78 is 6.58. The van der Waals surface area contributed by atoms with E-state index in [9.17, 15) is 9.90 Å². The fourth-order valence-electron chi connectivity index (χ4n) is 1.82. The minimum Gasteiger partial charge on any atom is -0.496 e. The SMILES string of the molecule is COc1ccc(C)cc1-c1nnnn1C(C)(C)C(=O)O. The van der Waals surface area contributed by atoms with Crippen molar-refractivity contribution < 1.29 is 14.6 Å². The van der Waals surface area contributed by atoms with E-state index in [0.717, 1.165) is 5.56 Å². The minimum absolute atomic E-state index is 0.359. The number of nitrogens with zero attached hydrogens (tertiary/aromatic N) is 4. The quantitative estimate of drug-likeness (QED) is 0.909. The number of aliphatic carboxylic acids is 1. The minimum atomic E-state index is -1.26. The van der Waals surface area contributed by atoms with Gasteiger partial charge in [-0.25, -0.2) is 9.48 Å². The van der Waals surface area contributed by atoms with Crippen molar-refractivity contribution in [2.24, 2.45) is 0 Å². The van der Waals surface area contributed by atoms with Crippen LogP contribution in [-0.4, -0.2) is 38.4 Å². The zero-order valence-corrected chi connectivity index (χ0v) is 11.8. The van der Waals surface area contributed by atoms with Crippen molar-refractivity contribution in [1.82, 2.24) is 20.2 Å². The molecular formula is C13H16N4O3. The first-order valence-corrected chi connectivity index (χ1v) is 6.05. The molecule has 1 aromatic heterocycles. The number of ether oxygens (including phenoxy) is 1. The zero-order chi connectivity index (χ0) is 14.9. The summed E-state index contributed by atoms with van der Waals surface area (Å²) in [5, 5.41) is 20.7. The summed E-state index contributed by atoms with van der Waals surface area (Å²) in [6.45, 7) is 5.01. The number of benzene rings is 1. The molecule has 0 unspecified atom stereocenters. The monoisotopic (exact) mass is 276 g/mol. The second kappa shape index (κ2) is 4.92. The van der Waals surface area contributed by atoms with Crippen LogP contribution in [0.15, 0.2) is 18.2 Å². The molecule has 0 fully saturated rings. The molecule has 0 aliphatic carbocycles. The van der Waals surface area contributed by atoms with Crippen LogP contribution in [-0.2, 0) is 10.3 Å². The van der Waals surface area contributed by atoms with Crippen LogP contribution in [0.2, 0.25) is 0 Å². The number of carboxylic acids is 1. The summed E-state index contributed by atoms with van der Waals surface area (Å²) in [5.74, 6) is -0.0662. The number of carboxylic acid groups (broad SMARTS) is 1. The molecule has 0 aliphatic heterocycles. The van der Waals surface area contributed by atoms with Crippen molar-refractivity contribution in [3.8, 4) is 17.1 Å². The maximum absolute atomic E-state index is 11.4. The van der Waals surface area contributed by atoms with Crippen LogP contribution < -0.4 is 4.74 Å². The lowest BCUT2D eigenvalue weighted by Crippen LogP contribution is -2.37. The van der Waals surface area contributed by atoms with Gasteiger partial charge in [0.15, 0.2) is 11.4 Å². The third kappa shape index (κ3) is 2.22. The third-order valence-corrected chi connectivity index (χ3v) is 3.12. The van der Waals surface area contributed by atoms with Crippen LogP contribution >= 0.6 is 0 Å². The normalized spacial score (nSPS) is 11.4. The number of tetrazole rings is 1. The molecule has 0 amide bonds. The lowest BCUT2D eigenvalue weighted by atomic mass is 10.0. The fourth-order valence-corrected chi connectivity index (χ4v) is 1.82. The molecule has 0 saturated heterocycles. The Morgan fingerprint density at radius 2 is 2.10 bits per heavy atom. The topological polar surface area (TPSA) is 90.1 Å². The van der Waals surface area contributed by atoms with Gasteiger partial charge in [-0.2, -0.15) is 0 Å². The Balaban J connectivity index is 2.64. The second-order valence-corrected chi connectivity index (χ2v) is 4.98. The van der Waals surface area contributed by atoms with Crippen molar-refractivity contribution in [1.29, 1.82) is 0 Å². The molecule has 7 nitrogen and oxygen atoms in total. The molecule has 7 heteroatoms. The molecule has 0 spiro atoms. The van der Waals surface area contributed by atoms with Gasteiger partial charge in [-0.1, -0.05) is 11.6 Å². The van der Waals surface area contributed by atoms with Gasteiger partial charge in [-0.3, -0.25) is 0 Å². The van der Waals surface area contributed by atoms with Gasteiger partial charge in [0.25, 0.3) is 0 Å². The van der Waals surface area contributed by atoms with E-state index in [2.05, 4.69) is 15.5 Å². The molecule has 0 atom stereocenters. The maximum Gasteiger partial charge on any atom is 0.331 e. The maximum atomic E-state index is 11.4. The zero-order valence-electron chi connectivity index (χ0n) is 11.8. The lowest BCUT2D eigenvalue weighted by Gasteiger charge is -2.21. The predicted octanol–water partition coefficient (Wildman–Crippen LogP) is 1.48. The van der Waals surface area contributed by atoms with Crippen molar-refractivity contribution in [3.63, 3.8) is 0 Å². The summed E-state index contributed by atoms with van der Waals surface area (Å²) in [7, 11) is 1.55.